The molecule has 0 amide bonds. The molecule has 2 nitrogen and oxygen atoms in total. The maximum atomic E-state index is 2.33. The molecular formula is C19H35NO. The van der Waals surface area contributed by atoms with Crippen LogP contribution in [0.4, 0.5) is 5.69 Å². The summed E-state index contributed by atoms with van der Waals surface area (Å²) in [5.74, 6) is 0. The second-order valence-electron chi connectivity index (χ2n) is 6.10. The third-order valence-electron chi connectivity index (χ3n) is 4.73. The first-order valence-electron chi connectivity index (χ1n) is 8.61. The predicted octanol–water partition coefficient (Wildman–Crippen LogP) is 5.53. The van der Waals surface area contributed by atoms with Gasteiger partial charge in [0.05, 0.1) is 19.6 Å². The van der Waals surface area contributed by atoms with Crippen LogP contribution in [-0.2, 0) is 0 Å². The van der Waals surface area contributed by atoms with Crippen LogP contribution in [0.15, 0.2) is 24.3 Å². The van der Waals surface area contributed by atoms with Crippen LogP contribution in [0, 0.1) is 6.92 Å². The molecule has 0 atom stereocenters. The van der Waals surface area contributed by atoms with Crippen LogP contribution in [0.1, 0.15) is 64.9 Å². The van der Waals surface area contributed by atoms with Crippen molar-refractivity contribution < 1.29 is 5.48 Å². The molecular weight excluding hydrogens is 258 g/mol. The Bertz CT molecular complexity index is 354. The Hall–Kier alpha value is -0.860. The average Bonchev–Trinajstić information content (AvgIpc) is 2.48. The van der Waals surface area contributed by atoms with Crippen molar-refractivity contribution in [1.82, 2.24) is 4.48 Å². The topological polar surface area (TPSA) is 30.0 Å². The van der Waals surface area contributed by atoms with E-state index in [9.17, 15) is 0 Å². The van der Waals surface area contributed by atoms with E-state index >= 15 is 0 Å². The lowest BCUT2D eigenvalue weighted by atomic mass is 10.1. The summed E-state index contributed by atoms with van der Waals surface area (Å²) >= 11 is 0. The molecule has 122 valence electrons. The number of nitrogens with zero attached hydrogens (tertiary/aromatic N) is 1. The summed E-state index contributed by atoms with van der Waals surface area (Å²) in [6.07, 6.45) is 8.33. The van der Waals surface area contributed by atoms with Gasteiger partial charge in [-0.1, -0.05) is 50.3 Å². The maximum Gasteiger partial charge on any atom is 0.132 e. The minimum atomic E-state index is 0. The van der Waals surface area contributed by atoms with Gasteiger partial charge < -0.3 is 5.48 Å². The first-order valence-corrected chi connectivity index (χ1v) is 8.61. The molecule has 0 fully saturated rings. The van der Waals surface area contributed by atoms with Crippen LogP contribution >= 0.6 is 0 Å². The Morgan fingerprint density at radius 3 is 1.81 bits per heavy atom. The summed E-state index contributed by atoms with van der Waals surface area (Å²) in [6.45, 7) is 12.8. The zero-order valence-electron chi connectivity index (χ0n) is 14.6. The standard InChI is InChI=1S/C19H34N.H2O/c1-5-8-9-10-11-12-17-20(6-2,7-3)19-15-13-18(4)14-16-19;/h13-16H,5-12,17H2,1-4H3;1H2/q+1;/p-1. The van der Waals surface area contributed by atoms with Gasteiger partial charge in [0.25, 0.3) is 0 Å². The molecule has 0 bridgehead atoms. The number of hydrogen-bond donors (Lipinski definition) is 0. The van der Waals surface area contributed by atoms with E-state index in [2.05, 4.69) is 52.0 Å². The lowest BCUT2D eigenvalue weighted by molar-refractivity contribution is 0.291. The van der Waals surface area contributed by atoms with Crippen molar-refractivity contribution in [1.29, 1.82) is 0 Å². The van der Waals surface area contributed by atoms with E-state index in [0.29, 0.717) is 0 Å². The molecule has 2 heteroatoms. The highest BCUT2D eigenvalue weighted by molar-refractivity contribution is 5.44. The van der Waals surface area contributed by atoms with Gasteiger partial charge in [0.1, 0.15) is 5.69 Å². The fourth-order valence-electron chi connectivity index (χ4n) is 3.09. The molecule has 0 saturated heterocycles. The van der Waals surface area contributed by atoms with Crippen LogP contribution in [0.25, 0.3) is 0 Å². The van der Waals surface area contributed by atoms with E-state index in [0.717, 1.165) is 4.48 Å². The summed E-state index contributed by atoms with van der Waals surface area (Å²) in [4.78, 5) is 0. The van der Waals surface area contributed by atoms with Crippen molar-refractivity contribution in [2.75, 3.05) is 19.6 Å². The molecule has 0 unspecified atom stereocenters. The van der Waals surface area contributed by atoms with Crippen LogP contribution in [-0.4, -0.2) is 25.1 Å². The Labute approximate surface area is 132 Å². The fraction of sp³-hybridized carbons (Fsp3) is 0.684. The highest BCUT2D eigenvalue weighted by atomic mass is 16.0. The molecule has 0 aliphatic heterocycles. The minimum absolute atomic E-state index is 0. The van der Waals surface area contributed by atoms with E-state index in [1.807, 2.05) is 0 Å². The molecule has 0 radical (unpaired) electrons. The monoisotopic (exact) mass is 293 g/mol. The number of quaternary nitrogens is 1. The Balaban J connectivity index is 0.00000400. The number of aryl methyl sites for hydroxylation is 1. The van der Waals surface area contributed by atoms with Crippen LogP contribution in [0.5, 0.6) is 0 Å². The van der Waals surface area contributed by atoms with Crippen LogP contribution < -0.4 is 4.48 Å². The normalized spacial score (nSPS) is 11.2. The smallest absolute Gasteiger partial charge is 0.132 e. The largest absolute Gasteiger partial charge is 0.870 e. The summed E-state index contributed by atoms with van der Waals surface area (Å²) in [5.41, 5.74) is 2.85. The molecule has 1 aromatic carbocycles. The van der Waals surface area contributed by atoms with Crippen molar-refractivity contribution in [3.63, 3.8) is 0 Å². The van der Waals surface area contributed by atoms with Crippen molar-refractivity contribution in [3.05, 3.63) is 29.8 Å². The number of hydrogen-bond acceptors (Lipinski definition) is 1. The third-order valence-corrected chi connectivity index (χ3v) is 4.73. The Morgan fingerprint density at radius 2 is 1.29 bits per heavy atom. The van der Waals surface area contributed by atoms with Gasteiger partial charge >= 0.3 is 0 Å². The molecule has 1 N–H and O–H groups in total. The molecule has 1 aromatic rings. The van der Waals surface area contributed by atoms with Crippen LogP contribution in [0.2, 0.25) is 0 Å². The van der Waals surface area contributed by atoms with E-state index in [1.54, 1.807) is 0 Å². The fourth-order valence-corrected chi connectivity index (χ4v) is 3.09. The van der Waals surface area contributed by atoms with Gasteiger partial charge in [-0.2, -0.15) is 0 Å². The van der Waals surface area contributed by atoms with Crippen molar-refractivity contribution in [3.8, 4) is 0 Å². The first-order chi connectivity index (χ1) is 9.68. The molecule has 0 saturated carbocycles. The first kappa shape index (κ1) is 20.1. The second-order valence-corrected chi connectivity index (χ2v) is 6.10. The van der Waals surface area contributed by atoms with Gasteiger partial charge in [0, 0.05) is 0 Å². The summed E-state index contributed by atoms with van der Waals surface area (Å²) < 4.78 is 1.15. The minimum Gasteiger partial charge on any atom is -0.870 e. The van der Waals surface area contributed by atoms with E-state index in [4.69, 9.17) is 0 Å². The van der Waals surface area contributed by atoms with Gasteiger partial charge in [-0.25, -0.2) is 0 Å². The van der Waals surface area contributed by atoms with Gasteiger partial charge in [-0.3, -0.25) is 4.48 Å². The number of unbranched alkanes of at least 4 members (excludes halogenated alkanes) is 5. The predicted molar refractivity (Wildman–Crippen MR) is 94.2 cm³/mol. The SMILES string of the molecule is CCCCCCCC[N+](CC)(CC)c1ccc(C)cc1.[OH-]. The highest BCUT2D eigenvalue weighted by Crippen LogP contribution is 2.24. The summed E-state index contributed by atoms with van der Waals surface area (Å²) in [5, 5.41) is 0. The Morgan fingerprint density at radius 1 is 0.762 bits per heavy atom. The second kappa shape index (κ2) is 10.8. The number of rotatable bonds is 10. The summed E-state index contributed by atoms with van der Waals surface area (Å²) in [7, 11) is 0. The quantitative estimate of drug-likeness (QED) is 0.412. The third kappa shape index (κ3) is 6.19. The zero-order valence-corrected chi connectivity index (χ0v) is 14.6. The van der Waals surface area contributed by atoms with Gasteiger partial charge in [0.15, 0.2) is 0 Å². The molecule has 1 rings (SSSR count). The maximum absolute atomic E-state index is 2.33. The van der Waals surface area contributed by atoms with E-state index in [-0.39, 0.29) is 5.48 Å². The highest BCUT2D eigenvalue weighted by Gasteiger charge is 2.25. The number of benzene rings is 1. The van der Waals surface area contributed by atoms with Gasteiger partial charge in [-0.15, -0.1) is 0 Å². The van der Waals surface area contributed by atoms with Crippen LogP contribution in [0.3, 0.4) is 0 Å². The summed E-state index contributed by atoms with van der Waals surface area (Å²) in [6, 6.07) is 9.18. The van der Waals surface area contributed by atoms with Gasteiger partial charge in [-0.05, 0) is 45.7 Å². The van der Waals surface area contributed by atoms with Crippen molar-refractivity contribution in [2.45, 2.75) is 66.2 Å². The molecule has 0 aromatic heterocycles. The van der Waals surface area contributed by atoms with Crippen molar-refractivity contribution in [2.24, 2.45) is 0 Å². The van der Waals surface area contributed by atoms with E-state index in [1.165, 1.54) is 69.4 Å². The average molecular weight is 293 g/mol. The molecule has 21 heavy (non-hydrogen) atoms. The molecule has 0 heterocycles. The lowest BCUT2D eigenvalue weighted by Gasteiger charge is -2.36. The Kier molecular flexibility index (Phi) is 10.4. The molecule has 0 aliphatic carbocycles. The van der Waals surface area contributed by atoms with Gasteiger partial charge in [0.2, 0.25) is 0 Å². The zero-order chi connectivity index (χ0) is 14.8. The molecule has 0 spiro atoms. The molecule has 0 aliphatic rings. The van der Waals surface area contributed by atoms with Crippen molar-refractivity contribution >= 4 is 5.69 Å². The van der Waals surface area contributed by atoms with E-state index < -0.39 is 0 Å². The lowest BCUT2D eigenvalue weighted by Crippen LogP contribution is -2.49.